The second-order valence-corrected chi connectivity index (χ2v) is 7.34. The lowest BCUT2D eigenvalue weighted by Gasteiger charge is -2.44. The monoisotopic (exact) mass is 308 g/mol. The summed E-state index contributed by atoms with van der Waals surface area (Å²) in [5.74, 6) is 0.589. The van der Waals surface area contributed by atoms with Gasteiger partial charge in [-0.05, 0) is 64.7 Å². The van der Waals surface area contributed by atoms with Crippen molar-refractivity contribution < 1.29 is 9.53 Å². The Kier molecular flexibility index (Phi) is 6.13. The lowest BCUT2D eigenvalue weighted by molar-refractivity contribution is -0.147. The Labute approximate surface area is 135 Å². The van der Waals surface area contributed by atoms with Crippen LogP contribution >= 0.6 is 0 Å². The molecule has 4 heteroatoms. The van der Waals surface area contributed by atoms with E-state index in [0.717, 1.165) is 19.6 Å². The average molecular weight is 308 g/mol. The van der Waals surface area contributed by atoms with Crippen molar-refractivity contribution in [2.45, 2.75) is 63.8 Å². The van der Waals surface area contributed by atoms with E-state index in [-0.39, 0.29) is 5.97 Å². The maximum absolute atomic E-state index is 12.0. The zero-order valence-electron chi connectivity index (χ0n) is 14.0. The summed E-state index contributed by atoms with van der Waals surface area (Å²) in [6, 6.07) is 0.678. The number of carbonyl (C=O) groups excluding carboxylic acids is 1. The van der Waals surface area contributed by atoms with Crippen LogP contribution in [-0.2, 0) is 9.53 Å². The molecule has 2 unspecified atom stereocenters. The number of rotatable bonds is 5. The zero-order chi connectivity index (χ0) is 15.2. The zero-order valence-corrected chi connectivity index (χ0v) is 14.0. The summed E-state index contributed by atoms with van der Waals surface area (Å²) < 4.78 is 5.63. The van der Waals surface area contributed by atoms with Gasteiger partial charge in [-0.1, -0.05) is 12.8 Å². The number of hydrogen-bond donors (Lipinski definition) is 0. The SMILES string of the molecule is O=C(CCN1CCCCC1)OCC1CCCN2CCCCC12. The van der Waals surface area contributed by atoms with Gasteiger partial charge in [0.1, 0.15) is 0 Å². The van der Waals surface area contributed by atoms with Crippen LogP contribution in [0.5, 0.6) is 0 Å². The third-order valence-corrected chi connectivity index (χ3v) is 5.77. The third-order valence-electron chi connectivity index (χ3n) is 5.77. The van der Waals surface area contributed by atoms with Crippen LogP contribution < -0.4 is 0 Å². The molecule has 0 radical (unpaired) electrons. The van der Waals surface area contributed by atoms with Gasteiger partial charge >= 0.3 is 5.97 Å². The molecule has 22 heavy (non-hydrogen) atoms. The van der Waals surface area contributed by atoms with Crippen molar-refractivity contribution in [2.24, 2.45) is 5.92 Å². The number of carbonyl (C=O) groups is 1. The smallest absolute Gasteiger partial charge is 0.307 e. The predicted octanol–water partition coefficient (Wildman–Crippen LogP) is 2.67. The molecule has 4 nitrogen and oxygen atoms in total. The van der Waals surface area contributed by atoms with Crippen molar-refractivity contribution in [3.63, 3.8) is 0 Å². The molecule has 3 aliphatic rings. The Morgan fingerprint density at radius 2 is 1.68 bits per heavy atom. The number of esters is 1. The van der Waals surface area contributed by atoms with Gasteiger partial charge in [-0.15, -0.1) is 0 Å². The number of nitrogens with zero attached hydrogens (tertiary/aromatic N) is 2. The van der Waals surface area contributed by atoms with E-state index in [4.69, 9.17) is 4.74 Å². The number of fused-ring (bicyclic) bond motifs is 1. The van der Waals surface area contributed by atoms with Crippen molar-refractivity contribution in [1.82, 2.24) is 9.80 Å². The summed E-state index contributed by atoms with van der Waals surface area (Å²) >= 11 is 0. The molecule has 0 aromatic rings. The molecule has 3 aliphatic heterocycles. The molecule has 3 rings (SSSR count). The first kappa shape index (κ1) is 16.3. The summed E-state index contributed by atoms with van der Waals surface area (Å²) in [7, 11) is 0. The molecule has 2 atom stereocenters. The van der Waals surface area contributed by atoms with E-state index in [2.05, 4.69) is 9.80 Å². The highest BCUT2D eigenvalue weighted by atomic mass is 16.5. The fourth-order valence-corrected chi connectivity index (χ4v) is 4.48. The molecule has 0 aromatic heterocycles. The fraction of sp³-hybridized carbons (Fsp3) is 0.944. The Morgan fingerprint density at radius 3 is 2.55 bits per heavy atom. The van der Waals surface area contributed by atoms with Gasteiger partial charge in [-0.3, -0.25) is 9.69 Å². The molecule has 0 aliphatic carbocycles. The minimum atomic E-state index is 0.0125. The maximum Gasteiger partial charge on any atom is 0.307 e. The highest BCUT2D eigenvalue weighted by Crippen LogP contribution is 2.31. The van der Waals surface area contributed by atoms with Crippen molar-refractivity contribution in [1.29, 1.82) is 0 Å². The van der Waals surface area contributed by atoms with Crippen LogP contribution in [0.3, 0.4) is 0 Å². The van der Waals surface area contributed by atoms with Crippen molar-refractivity contribution in [3.05, 3.63) is 0 Å². The van der Waals surface area contributed by atoms with Gasteiger partial charge in [0, 0.05) is 18.5 Å². The summed E-state index contributed by atoms with van der Waals surface area (Å²) in [5, 5.41) is 0. The van der Waals surface area contributed by atoms with Gasteiger partial charge < -0.3 is 9.64 Å². The Bertz CT molecular complexity index is 353. The molecular weight excluding hydrogens is 276 g/mol. The quantitative estimate of drug-likeness (QED) is 0.731. The largest absolute Gasteiger partial charge is 0.465 e. The minimum absolute atomic E-state index is 0.0125. The highest BCUT2D eigenvalue weighted by molar-refractivity contribution is 5.69. The van der Waals surface area contributed by atoms with Crippen LogP contribution in [-0.4, -0.2) is 61.1 Å². The summed E-state index contributed by atoms with van der Waals surface area (Å²) in [6.45, 7) is 6.37. The second kappa shape index (κ2) is 8.30. The Hall–Kier alpha value is -0.610. The molecule has 0 N–H and O–H groups in total. The van der Waals surface area contributed by atoms with Gasteiger partial charge in [0.15, 0.2) is 0 Å². The number of piperidine rings is 3. The first-order valence-corrected chi connectivity index (χ1v) is 9.45. The summed E-state index contributed by atoms with van der Waals surface area (Å²) in [5.41, 5.74) is 0. The number of hydrogen-bond acceptors (Lipinski definition) is 4. The van der Waals surface area contributed by atoms with E-state index >= 15 is 0 Å². The van der Waals surface area contributed by atoms with E-state index < -0.39 is 0 Å². The summed E-state index contributed by atoms with van der Waals surface area (Å²) in [4.78, 5) is 17.1. The standard InChI is InChI=1S/C18H32N2O2/c21-18(9-14-19-10-3-1-4-11-19)22-15-16-7-6-13-20-12-5-2-8-17(16)20/h16-17H,1-15H2. The first-order chi connectivity index (χ1) is 10.8. The number of ether oxygens (including phenoxy) is 1. The molecular formula is C18H32N2O2. The van der Waals surface area contributed by atoms with Gasteiger partial charge in [-0.25, -0.2) is 0 Å². The lowest BCUT2D eigenvalue weighted by atomic mass is 9.84. The van der Waals surface area contributed by atoms with E-state index in [1.807, 2.05) is 0 Å². The van der Waals surface area contributed by atoms with Crippen LogP contribution in [0.2, 0.25) is 0 Å². The molecule has 0 aromatic carbocycles. The van der Waals surface area contributed by atoms with Gasteiger partial charge in [-0.2, -0.15) is 0 Å². The normalized spacial score (nSPS) is 30.7. The molecule has 0 bridgehead atoms. The van der Waals surface area contributed by atoms with E-state index in [1.54, 1.807) is 0 Å². The molecule has 0 amide bonds. The van der Waals surface area contributed by atoms with Crippen molar-refractivity contribution >= 4 is 5.97 Å². The topological polar surface area (TPSA) is 32.8 Å². The van der Waals surface area contributed by atoms with E-state index in [9.17, 15) is 4.79 Å². The Morgan fingerprint density at radius 1 is 0.909 bits per heavy atom. The van der Waals surface area contributed by atoms with Crippen LogP contribution in [0.4, 0.5) is 0 Å². The molecule has 126 valence electrons. The molecule has 0 spiro atoms. The fourth-order valence-electron chi connectivity index (χ4n) is 4.48. The molecule has 3 fully saturated rings. The first-order valence-electron chi connectivity index (χ1n) is 9.45. The van der Waals surface area contributed by atoms with Crippen molar-refractivity contribution in [3.8, 4) is 0 Å². The lowest BCUT2D eigenvalue weighted by Crippen LogP contribution is -2.49. The van der Waals surface area contributed by atoms with Crippen molar-refractivity contribution in [2.75, 3.05) is 39.3 Å². The van der Waals surface area contributed by atoms with E-state index in [1.165, 1.54) is 64.5 Å². The van der Waals surface area contributed by atoms with Gasteiger partial charge in [0.2, 0.25) is 0 Å². The van der Waals surface area contributed by atoms with E-state index in [0.29, 0.717) is 25.0 Å². The van der Waals surface area contributed by atoms with Gasteiger partial charge in [0.05, 0.1) is 13.0 Å². The molecule has 3 saturated heterocycles. The molecule has 3 heterocycles. The van der Waals surface area contributed by atoms with Gasteiger partial charge in [0.25, 0.3) is 0 Å². The maximum atomic E-state index is 12.0. The third kappa shape index (κ3) is 4.45. The highest BCUT2D eigenvalue weighted by Gasteiger charge is 2.33. The Balaban J connectivity index is 1.36. The average Bonchev–Trinajstić information content (AvgIpc) is 2.59. The van der Waals surface area contributed by atoms with Crippen LogP contribution in [0.25, 0.3) is 0 Å². The van der Waals surface area contributed by atoms with Crippen LogP contribution in [0.1, 0.15) is 57.8 Å². The molecule has 0 saturated carbocycles. The van der Waals surface area contributed by atoms with Crippen LogP contribution in [0, 0.1) is 5.92 Å². The minimum Gasteiger partial charge on any atom is -0.465 e. The van der Waals surface area contributed by atoms with Crippen LogP contribution in [0.15, 0.2) is 0 Å². The predicted molar refractivity (Wildman–Crippen MR) is 87.8 cm³/mol. The summed E-state index contributed by atoms with van der Waals surface area (Å²) in [6.07, 6.45) is 11.0. The second-order valence-electron chi connectivity index (χ2n) is 7.34. The number of likely N-dealkylation sites (tertiary alicyclic amines) is 1.